The average molecular weight is 339 g/mol. The second-order valence-electron chi connectivity index (χ2n) is 6.03. The zero-order valence-electron chi connectivity index (χ0n) is 13.4. The van der Waals surface area contributed by atoms with Gasteiger partial charge in [-0.25, -0.2) is 0 Å². The molecule has 0 aromatic heterocycles. The zero-order valence-corrected chi connectivity index (χ0v) is 14.1. The van der Waals surface area contributed by atoms with E-state index in [0.717, 1.165) is 43.9 Å². The number of hydrogen-bond acceptors (Lipinski definition) is 3. The van der Waals surface area contributed by atoms with Gasteiger partial charge < -0.3 is 10.0 Å². The summed E-state index contributed by atoms with van der Waals surface area (Å²) in [7, 11) is 0. The van der Waals surface area contributed by atoms with Crippen LogP contribution < -0.4 is 0 Å². The van der Waals surface area contributed by atoms with E-state index in [1.807, 2.05) is 24.3 Å². The van der Waals surface area contributed by atoms with Crippen molar-refractivity contribution in [2.24, 2.45) is 0 Å². The molecule has 1 aliphatic heterocycles. The maximum absolute atomic E-state index is 11.7. The third-order valence-electron chi connectivity index (χ3n) is 4.26. The number of carbonyl (C=O) groups is 2. The molecule has 6 heteroatoms. The Bertz CT molecular complexity index is 547. The molecule has 0 bridgehead atoms. The highest BCUT2D eigenvalue weighted by molar-refractivity contribution is 6.30. The largest absolute Gasteiger partial charge is 0.480 e. The van der Waals surface area contributed by atoms with Crippen molar-refractivity contribution in [3.63, 3.8) is 0 Å². The summed E-state index contributed by atoms with van der Waals surface area (Å²) in [5.41, 5.74) is 1.21. The van der Waals surface area contributed by atoms with Crippen LogP contribution >= 0.6 is 11.6 Å². The predicted octanol–water partition coefficient (Wildman–Crippen LogP) is 2.63. The Kier molecular flexibility index (Phi) is 6.42. The third-order valence-corrected chi connectivity index (χ3v) is 4.51. The standard InChI is InChI=1S/C17H23ClN2O3/c1-13(21)20(12-17(22)23)16-3-2-9-19(10-8-16)11-14-4-6-15(18)7-5-14/h4-7,16H,2-3,8-12H2,1H3,(H,22,23)/t16-/m0/s1. The second kappa shape index (κ2) is 8.31. The first kappa shape index (κ1) is 17.8. The van der Waals surface area contributed by atoms with Gasteiger partial charge in [0.25, 0.3) is 0 Å². The van der Waals surface area contributed by atoms with Crippen LogP contribution in [0.4, 0.5) is 0 Å². The van der Waals surface area contributed by atoms with Gasteiger partial charge in [0.1, 0.15) is 6.54 Å². The van der Waals surface area contributed by atoms with Gasteiger partial charge in [-0.3, -0.25) is 14.5 Å². The van der Waals surface area contributed by atoms with Gasteiger partial charge in [0.15, 0.2) is 0 Å². The lowest BCUT2D eigenvalue weighted by atomic mass is 10.1. The molecular weight excluding hydrogens is 316 g/mol. The Hall–Kier alpha value is -1.59. The third kappa shape index (κ3) is 5.52. The van der Waals surface area contributed by atoms with Crippen LogP contribution in [0.2, 0.25) is 5.02 Å². The summed E-state index contributed by atoms with van der Waals surface area (Å²) in [6.07, 6.45) is 2.62. The topological polar surface area (TPSA) is 60.9 Å². The maximum atomic E-state index is 11.7. The van der Waals surface area contributed by atoms with Crippen molar-refractivity contribution in [2.75, 3.05) is 19.6 Å². The average Bonchev–Trinajstić information content (AvgIpc) is 2.72. The molecule has 0 spiro atoms. The Labute approximate surface area is 141 Å². The van der Waals surface area contributed by atoms with E-state index in [2.05, 4.69) is 4.90 Å². The molecule has 23 heavy (non-hydrogen) atoms. The molecule has 1 aliphatic rings. The highest BCUT2D eigenvalue weighted by Gasteiger charge is 2.26. The molecule has 1 saturated heterocycles. The molecule has 1 atom stereocenters. The van der Waals surface area contributed by atoms with E-state index in [0.29, 0.717) is 0 Å². The first-order chi connectivity index (χ1) is 11.0. The molecule has 0 saturated carbocycles. The quantitative estimate of drug-likeness (QED) is 0.896. The highest BCUT2D eigenvalue weighted by Crippen LogP contribution is 2.19. The number of benzene rings is 1. The van der Waals surface area contributed by atoms with E-state index < -0.39 is 5.97 Å². The summed E-state index contributed by atoms with van der Waals surface area (Å²) in [6.45, 7) is 3.90. The fourth-order valence-electron chi connectivity index (χ4n) is 3.10. The summed E-state index contributed by atoms with van der Waals surface area (Å²) < 4.78 is 0. The molecule has 126 valence electrons. The summed E-state index contributed by atoms with van der Waals surface area (Å²) in [6, 6.07) is 7.84. The predicted molar refractivity (Wildman–Crippen MR) is 89.4 cm³/mol. The number of nitrogens with zero attached hydrogens (tertiary/aromatic N) is 2. The molecule has 0 unspecified atom stereocenters. The van der Waals surface area contributed by atoms with Crippen molar-refractivity contribution in [1.29, 1.82) is 0 Å². The number of rotatable bonds is 5. The summed E-state index contributed by atoms with van der Waals surface area (Å²) in [5.74, 6) is -1.12. The minimum atomic E-state index is -0.956. The first-order valence-electron chi connectivity index (χ1n) is 7.91. The fourth-order valence-corrected chi connectivity index (χ4v) is 3.23. The number of likely N-dealkylation sites (tertiary alicyclic amines) is 1. The fraction of sp³-hybridized carbons (Fsp3) is 0.529. The van der Waals surface area contributed by atoms with Gasteiger partial charge in [0.2, 0.25) is 5.91 Å². The molecule has 5 nitrogen and oxygen atoms in total. The van der Waals surface area contributed by atoms with Crippen LogP contribution in [0.25, 0.3) is 0 Å². The van der Waals surface area contributed by atoms with Crippen LogP contribution in [0, 0.1) is 0 Å². The van der Waals surface area contributed by atoms with Crippen LogP contribution in [0.15, 0.2) is 24.3 Å². The van der Waals surface area contributed by atoms with E-state index in [1.165, 1.54) is 17.4 Å². The second-order valence-corrected chi connectivity index (χ2v) is 6.46. The van der Waals surface area contributed by atoms with Crippen LogP contribution in [0.5, 0.6) is 0 Å². The summed E-state index contributed by atoms with van der Waals surface area (Å²) in [4.78, 5) is 26.5. The highest BCUT2D eigenvalue weighted by atomic mass is 35.5. The minimum absolute atomic E-state index is 0.0128. The van der Waals surface area contributed by atoms with E-state index >= 15 is 0 Å². The molecule has 1 fully saturated rings. The zero-order chi connectivity index (χ0) is 16.8. The van der Waals surface area contributed by atoms with Crippen LogP contribution in [-0.2, 0) is 16.1 Å². The van der Waals surface area contributed by atoms with Crippen molar-refractivity contribution in [3.05, 3.63) is 34.9 Å². The molecule has 1 heterocycles. The Balaban J connectivity index is 1.94. The molecular formula is C17H23ClN2O3. The van der Waals surface area contributed by atoms with Gasteiger partial charge in [-0.05, 0) is 43.5 Å². The Morgan fingerprint density at radius 1 is 1.26 bits per heavy atom. The van der Waals surface area contributed by atoms with Gasteiger partial charge in [0.05, 0.1) is 0 Å². The van der Waals surface area contributed by atoms with Crippen molar-refractivity contribution in [3.8, 4) is 0 Å². The number of carboxylic acid groups (broad SMARTS) is 1. The Morgan fingerprint density at radius 3 is 2.57 bits per heavy atom. The van der Waals surface area contributed by atoms with E-state index in [-0.39, 0.29) is 18.5 Å². The number of halogens is 1. The number of hydrogen-bond donors (Lipinski definition) is 1. The van der Waals surface area contributed by atoms with Gasteiger partial charge in [0, 0.05) is 31.1 Å². The van der Waals surface area contributed by atoms with Gasteiger partial charge in [-0.15, -0.1) is 0 Å². The lowest BCUT2D eigenvalue weighted by molar-refractivity contribution is -0.145. The summed E-state index contributed by atoms with van der Waals surface area (Å²) >= 11 is 5.91. The van der Waals surface area contributed by atoms with Crippen molar-refractivity contribution < 1.29 is 14.7 Å². The van der Waals surface area contributed by atoms with Gasteiger partial charge in [-0.1, -0.05) is 23.7 Å². The lowest BCUT2D eigenvalue weighted by Gasteiger charge is -2.29. The summed E-state index contributed by atoms with van der Waals surface area (Å²) in [5, 5.41) is 9.72. The number of carboxylic acids is 1. The molecule has 2 rings (SSSR count). The number of aliphatic carboxylic acids is 1. The normalized spacial score (nSPS) is 19.1. The molecule has 1 amide bonds. The molecule has 1 aromatic carbocycles. The Morgan fingerprint density at radius 2 is 1.96 bits per heavy atom. The van der Waals surface area contributed by atoms with Crippen molar-refractivity contribution >= 4 is 23.5 Å². The number of carbonyl (C=O) groups excluding carboxylic acids is 1. The van der Waals surface area contributed by atoms with Crippen LogP contribution in [0.3, 0.4) is 0 Å². The van der Waals surface area contributed by atoms with Crippen molar-refractivity contribution in [2.45, 2.75) is 38.8 Å². The first-order valence-corrected chi connectivity index (χ1v) is 8.29. The van der Waals surface area contributed by atoms with Gasteiger partial charge in [-0.2, -0.15) is 0 Å². The lowest BCUT2D eigenvalue weighted by Crippen LogP contribution is -2.42. The molecule has 1 N–H and O–H groups in total. The number of amides is 1. The monoisotopic (exact) mass is 338 g/mol. The molecule has 0 radical (unpaired) electrons. The van der Waals surface area contributed by atoms with E-state index in [1.54, 1.807) is 0 Å². The van der Waals surface area contributed by atoms with Crippen molar-refractivity contribution in [1.82, 2.24) is 9.80 Å². The maximum Gasteiger partial charge on any atom is 0.323 e. The van der Waals surface area contributed by atoms with E-state index in [9.17, 15) is 9.59 Å². The SMILES string of the molecule is CC(=O)N(CC(=O)O)[C@H]1CCCN(Cc2ccc(Cl)cc2)CC1. The minimum Gasteiger partial charge on any atom is -0.480 e. The molecule has 0 aliphatic carbocycles. The smallest absolute Gasteiger partial charge is 0.323 e. The van der Waals surface area contributed by atoms with Gasteiger partial charge >= 0.3 is 5.97 Å². The van der Waals surface area contributed by atoms with Crippen LogP contribution in [-0.4, -0.2) is 52.5 Å². The molecule has 1 aromatic rings. The van der Waals surface area contributed by atoms with Crippen LogP contribution in [0.1, 0.15) is 31.7 Å². The van der Waals surface area contributed by atoms with E-state index in [4.69, 9.17) is 16.7 Å².